The van der Waals surface area contributed by atoms with E-state index in [2.05, 4.69) is 21.0 Å². The zero-order valence-corrected chi connectivity index (χ0v) is 22.9. The van der Waals surface area contributed by atoms with Gasteiger partial charge in [0.2, 0.25) is 5.82 Å². The summed E-state index contributed by atoms with van der Waals surface area (Å²) < 4.78 is 17.7. The van der Waals surface area contributed by atoms with Gasteiger partial charge < -0.3 is 28.8 Å². The number of hydrogen-bond acceptors (Lipinski definition) is 9. The number of carbonyl (C=O) groups is 1. The lowest BCUT2D eigenvalue weighted by atomic mass is 9.96. The Bertz CT molecular complexity index is 1230. The van der Waals surface area contributed by atoms with Crippen LogP contribution in [0.15, 0.2) is 40.9 Å². The molecule has 2 aromatic carbocycles. The van der Waals surface area contributed by atoms with Crippen LogP contribution in [0, 0.1) is 5.92 Å². The second-order valence-corrected chi connectivity index (χ2v) is 10.3. The monoisotopic (exact) mass is 522 g/mol. The fraction of sp³-hybridized carbons (Fsp3) is 0.483. The van der Waals surface area contributed by atoms with Gasteiger partial charge in [0.25, 0.3) is 5.89 Å². The van der Waals surface area contributed by atoms with Crippen molar-refractivity contribution in [3.8, 4) is 34.3 Å². The van der Waals surface area contributed by atoms with Crippen LogP contribution in [0.5, 0.6) is 11.5 Å². The van der Waals surface area contributed by atoms with Crippen LogP contribution in [0.1, 0.15) is 37.4 Å². The highest BCUT2D eigenvalue weighted by molar-refractivity contribution is 5.67. The molecule has 1 heterocycles. The number of aldehydes is 1. The van der Waals surface area contributed by atoms with Gasteiger partial charge in [-0.05, 0) is 76.7 Å². The van der Waals surface area contributed by atoms with Crippen molar-refractivity contribution < 1.29 is 23.9 Å². The molecule has 9 heteroatoms. The van der Waals surface area contributed by atoms with E-state index in [9.17, 15) is 9.90 Å². The third kappa shape index (κ3) is 6.23. The summed E-state index contributed by atoms with van der Waals surface area (Å²) >= 11 is 0. The first-order chi connectivity index (χ1) is 18.3. The van der Waals surface area contributed by atoms with Gasteiger partial charge in [0.05, 0.1) is 12.7 Å². The Morgan fingerprint density at radius 1 is 1.16 bits per heavy atom. The number of fused-ring (bicyclic) bond motifs is 1. The molecule has 1 aliphatic rings. The number of benzene rings is 2. The number of hydrogen-bond donors (Lipinski definition) is 1. The number of aromatic nitrogens is 2. The highest BCUT2D eigenvalue weighted by Gasteiger charge is 2.36. The Hall–Kier alpha value is -3.27. The van der Waals surface area contributed by atoms with Crippen molar-refractivity contribution in [2.45, 2.75) is 38.8 Å². The maximum absolute atomic E-state index is 11.4. The molecule has 0 saturated heterocycles. The summed E-state index contributed by atoms with van der Waals surface area (Å²) in [6.07, 6.45) is 2.18. The SMILES string of the molecule is CC(C)Oc1ccc(-c2nc(-c3cccc4c3CC(CC=O)C4N(C)CCO)no2)cc1OCCN(C)C. The largest absolute Gasteiger partial charge is 0.488 e. The summed E-state index contributed by atoms with van der Waals surface area (Å²) in [6, 6.07) is 11.8. The van der Waals surface area contributed by atoms with Crippen molar-refractivity contribution in [1.82, 2.24) is 19.9 Å². The topological polar surface area (TPSA) is 101 Å². The van der Waals surface area contributed by atoms with Crippen molar-refractivity contribution in [1.29, 1.82) is 0 Å². The van der Waals surface area contributed by atoms with E-state index in [1.807, 2.05) is 65.3 Å². The van der Waals surface area contributed by atoms with E-state index < -0.39 is 0 Å². The molecule has 3 aromatic rings. The van der Waals surface area contributed by atoms with E-state index in [1.54, 1.807) is 0 Å². The van der Waals surface area contributed by atoms with Gasteiger partial charge in [0, 0.05) is 36.7 Å². The van der Waals surface area contributed by atoms with E-state index in [0.717, 1.165) is 41.5 Å². The molecule has 38 heavy (non-hydrogen) atoms. The van der Waals surface area contributed by atoms with Crippen LogP contribution in [-0.2, 0) is 11.2 Å². The van der Waals surface area contributed by atoms with Gasteiger partial charge >= 0.3 is 0 Å². The van der Waals surface area contributed by atoms with E-state index in [4.69, 9.17) is 19.0 Å². The number of aliphatic hydroxyl groups is 1. The zero-order valence-electron chi connectivity index (χ0n) is 22.9. The summed E-state index contributed by atoms with van der Waals surface area (Å²) in [5.41, 5.74) is 3.90. The third-order valence-electron chi connectivity index (χ3n) is 6.79. The maximum atomic E-state index is 11.4. The standard InChI is InChI=1S/C29H38N4O5/c1-19(2)37-25-10-9-21(18-26(25)36-16-13-32(3)4)29-30-28(31-38-29)23-8-6-7-22-24(23)17-20(11-14-34)27(22)33(5)12-15-35/h6-10,14,18-20,27,35H,11-13,15-17H2,1-5H3. The second-order valence-electron chi connectivity index (χ2n) is 10.3. The van der Waals surface area contributed by atoms with E-state index in [1.165, 1.54) is 0 Å². The highest BCUT2D eigenvalue weighted by atomic mass is 16.5. The Morgan fingerprint density at radius 3 is 2.68 bits per heavy atom. The van der Waals surface area contributed by atoms with Crippen LogP contribution < -0.4 is 9.47 Å². The molecular weight excluding hydrogens is 484 g/mol. The van der Waals surface area contributed by atoms with Gasteiger partial charge in [-0.1, -0.05) is 23.4 Å². The highest BCUT2D eigenvalue weighted by Crippen LogP contribution is 2.44. The van der Waals surface area contributed by atoms with Crippen molar-refractivity contribution >= 4 is 6.29 Å². The van der Waals surface area contributed by atoms with Crippen LogP contribution in [0.2, 0.25) is 0 Å². The fourth-order valence-electron chi connectivity index (χ4n) is 5.07. The summed E-state index contributed by atoms with van der Waals surface area (Å²) in [6.45, 7) is 5.84. The van der Waals surface area contributed by atoms with Crippen molar-refractivity contribution in [2.24, 2.45) is 5.92 Å². The molecule has 1 aliphatic carbocycles. The average Bonchev–Trinajstić information content (AvgIpc) is 3.50. The third-order valence-corrected chi connectivity index (χ3v) is 6.79. The van der Waals surface area contributed by atoms with E-state index >= 15 is 0 Å². The van der Waals surface area contributed by atoms with Crippen LogP contribution in [-0.4, -0.2) is 84.9 Å². The quantitative estimate of drug-likeness (QED) is 0.335. The minimum Gasteiger partial charge on any atom is -0.488 e. The molecule has 0 amide bonds. The molecule has 0 aliphatic heterocycles. The predicted octanol–water partition coefficient (Wildman–Crippen LogP) is 3.86. The molecule has 0 bridgehead atoms. The van der Waals surface area contributed by atoms with Crippen LogP contribution >= 0.6 is 0 Å². The van der Waals surface area contributed by atoms with Crippen LogP contribution in [0.4, 0.5) is 0 Å². The maximum Gasteiger partial charge on any atom is 0.258 e. The van der Waals surface area contributed by atoms with E-state index in [-0.39, 0.29) is 24.7 Å². The lowest BCUT2D eigenvalue weighted by molar-refractivity contribution is -0.109. The molecule has 0 spiro atoms. The lowest BCUT2D eigenvalue weighted by Crippen LogP contribution is -2.30. The first-order valence-corrected chi connectivity index (χ1v) is 13.1. The molecular formula is C29H38N4O5. The Kier molecular flexibility index (Phi) is 9.14. The second kappa shape index (κ2) is 12.5. The van der Waals surface area contributed by atoms with Crippen molar-refractivity contribution in [2.75, 3.05) is 47.4 Å². The lowest BCUT2D eigenvalue weighted by Gasteiger charge is -2.29. The van der Waals surface area contributed by atoms with Gasteiger partial charge in [-0.3, -0.25) is 4.90 Å². The summed E-state index contributed by atoms with van der Waals surface area (Å²) in [7, 11) is 5.98. The number of ether oxygens (including phenoxy) is 2. The smallest absolute Gasteiger partial charge is 0.258 e. The summed E-state index contributed by atoms with van der Waals surface area (Å²) in [5, 5.41) is 13.8. The van der Waals surface area contributed by atoms with Gasteiger partial charge in [0.15, 0.2) is 11.5 Å². The Balaban J connectivity index is 1.65. The minimum atomic E-state index is 0.00974. The number of rotatable bonds is 13. The molecule has 2 atom stereocenters. The molecule has 0 saturated carbocycles. The number of likely N-dealkylation sites (N-methyl/N-ethyl adjacent to an activating group) is 2. The molecule has 204 valence electrons. The van der Waals surface area contributed by atoms with Gasteiger partial charge in [-0.2, -0.15) is 4.98 Å². The molecule has 0 fully saturated rings. The zero-order chi connectivity index (χ0) is 27.2. The first kappa shape index (κ1) is 27.8. The predicted molar refractivity (Wildman–Crippen MR) is 145 cm³/mol. The van der Waals surface area contributed by atoms with Gasteiger partial charge in [0.1, 0.15) is 12.9 Å². The molecule has 9 nitrogen and oxygen atoms in total. The molecule has 4 rings (SSSR count). The molecule has 1 aromatic heterocycles. The fourth-order valence-corrected chi connectivity index (χ4v) is 5.07. The number of nitrogens with zero attached hydrogens (tertiary/aromatic N) is 4. The average molecular weight is 523 g/mol. The Labute approximate surface area is 224 Å². The van der Waals surface area contributed by atoms with Crippen LogP contribution in [0.25, 0.3) is 22.8 Å². The van der Waals surface area contributed by atoms with Gasteiger partial charge in [-0.25, -0.2) is 0 Å². The molecule has 1 N–H and O–H groups in total. The number of aliphatic hydroxyl groups excluding tert-OH is 1. The summed E-state index contributed by atoms with van der Waals surface area (Å²) in [4.78, 5) is 20.3. The normalized spacial score (nSPS) is 16.9. The number of carbonyl (C=O) groups excluding carboxylic acids is 1. The van der Waals surface area contributed by atoms with Gasteiger partial charge in [-0.15, -0.1) is 0 Å². The summed E-state index contributed by atoms with van der Waals surface area (Å²) in [5.74, 6) is 2.32. The molecule has 0 radical (unpaired) electrons. The van der Waals surface area contributed by atoms with Crippen molar-refractivity contribution in [3.63, 3.8) is 0 Å². The van der Waals surface area contributed by atoms with Crippen LogP contribution in [0.3, 0.4) is 0 Å². The minimum absolute atomic E-state index is 0.00974. The first-order valence-electron chi connectivity index (χ1n) is 13.1. The van der Waals surface area contributed by atoms with Crippen molar-refractivity contribution in [3.05, 3.63) is 47.5 Å². The van der Waals surface area contributed by atoms with E-state index in [0.29, 0.717) is 42.8 Å². The molecule has 2 unspecified atom stereocenters. The Morgan fingerprint density at radius 2 is 1.97 bits per heavy atom.